The van der Waals surface area contributed by atoms with Crippen LogP contribution in [-0.2, 0) is 4.74 Å². The quantitative estimate of drug-likeness (QED) is 0.895. The van der Waals surface area contributed by atoms with E-state index in [1.807, 2.05) is 0 Å². The molecule has 1 aromatic carbocycles. The Kier molecular flexibility index (Phi) is 4.91. The van der Waals surface area contributed by atoms with Gasteiger partial charge in [0.05, 0.1) is 10.7 Å². The van der Waals surface area contributed by atoms with Crippen LogP contribution in [0.2, 0.25) is 10.0 Å². The van der Waals surface area contributed by atoms with E-state index in [9.17, 15) is 4.79 Å². The lowest BCUT2D eigenvalue weighted by Crippen LogP contribution is -2.29. The Hall–Kier alpha value is -0.970. The van der Waals surface area contributed by atoms with Gasteiger partial charge in [-0.05, 0) is 44.0 Å². The molecule has 2 unspecified atom stereocenters. The summed E-state index contributed by atoms with van der Waals surface area (Å²) in [6.07, 6.45) is 2.28. The van der Waals surface area contributed by atoms with Crippen molar-refractivity contribution >= 4 is 35.0 Å². The Morgan fingerprint density at radius 3 is 2.95 bits per heavy atom. The molecule has 0 heterocycles. The summed E-state index contributed by atoms with van der Waals surface area (Å²) in [7, 11) is 0. The molecule has 1 aliphatic carbocycles. The number of nitrogens with one attached hydrogen (secondary N) is 1. The number of halogens is 2. The molecule has 0 aliphatic heterocycles. The maximum absolute atomic E-state index is 11.8. The Morgan fingerprint density at radius 1 is 1.42 bits per heavy atom. The van der Waals surface area contributed by atoms with E-state index in [1.165, 1.54) is 0 Å². The van der Waals surface area contributed by atoms with Crippen LogP contribution in [0.3, 0.4) is 0 Å². The molecule has 2 atom stereocenters. The van der Waals surface area contributed by atoms with Crippen molar-refractivity contribution in [3.63, 3.8) is 0 Å². The molecule has 6 heteroatoms. The van der Waals surface area contributed by atoms with Crippen molar-refractivity contribution < 1.29 is 9.53 Å². The van der Waals surface area contributed by atoms with E-state index in [0.29, 0.717) is 22.3 Å². The summed E-state index contributed by atoms with van der Waals surface area (Å²) in [5.41, 5.74) is 6.09. The fourth-order valence-corrected chi connectivity index (χ4v) is 2.63. The summed E-state index contributed by atoms with van der Waals surface area (Å²) in [4.78, 5) is 11.8. The van der Waals surface area contributed by atoms with Crippen LogP contribution in [0.4, 0.5) is 10.5 Å². The molecular weight excluding hydrogens is 287 g/mol. The van der Waals surface area contributed by atoms with Crippen LogP contribution in [0.25, 0.3) is 0 Å². The number of anilines is 1. The highest BCUT2D eigenvalue weighted by Crippen LogP contribution is 2.29. The van der Waals surface area contributed by atoms with E-state index in [1.54, 1.807) is 18.2 Å². The third-order valence-corrected chi connectivity index (χ3v) is 3.88. The zero-order chi connectivity index (χ0) is 13.8. The first-order valence-corrected chi connectivity index (χ1v) is 6.98. The molecule has 0 aromatic heterocycles. The second-order valence-corrected chi connectivity index (χ2v) is 5.46. The van der Waals surface area contributed by atoms with Crippen LogP contribution in [0.15, 0.2) is 18.2 Å². The number of rotatable bonds is 3. The van der Waals surface area contributed by atoms with E-state index in [4.69, 9.17) is 33.7 Å². The van der Waals surface area contributed by atoms with Crippen LogP contribution in [0, 0.1) is 5.92 Å². The molecule has 2 rings (SSSR count). The maximum Gasteiger partial charge on any atom is 0.411 e. The van der Waals surface area contributed by atoms with Crippen LogP contribution in [0.1, 0.15) is 19.3 Å². The molecule has 0 bridgehead atoms. The number of carbonyl (C=O) groups excluding carboxylic acids is 1. The van der Waals surface area contributed by atoms with Crippen LogP contribution in [-0.4, -0.2) is 18.7 Å². The molecule has 1 saturated carbocycles. The predicted octanol–water partition coefficient (Wildman–Crippen LogP) is 3.67. The Bertz CT molecular complexity index is 468. The molecule has 1 amide bonds. The minimum absolute atomic E-state index is 0.108. The average molecular weight is 303 g/mol. The summed E-state index contributed by atoms with van der Waals surface area (Å²) >= 11 is 11.8. The summed E-state index contributed by atoms with van der Waals surface area (Å²) in [6, 6.07) is 4.86. The van der Waals surface area contributed by atoms with E-state index < -0.39 is 6.09 Å². The molecule has 19 heavy (non-hydrogen) atoms. The third-order valence-electron chi connectivity index (χ3n) is 3.32. The minimum Gasteiger partial charge on any atom is -0.446 e. The maximum atomic E-state index is 11.8. The number of hydrogen-bond donors (Lipinski definition) is 2. The van der Waals surface area contributed by atoms with Gasteiger partial charge in [0.2, 0.25) is 0 Å². The van der Waals surface area contributed by atoms with E-state index >= 15 is 0 Å². The highest BCUT2D eigenvalue weighted by Gasteiger charge is 2.29. The molecule has 0 radical (unpaired) electrons. The van der Waals surface area contributed by atoms with Gasteiger partial charge in [0.25, 0.3) is 0 Å². The van der Waals surface area contributed by atoms with Crippen molar-refractivity contribution in [2.45, 2.75) is 25.4 Å². The lowest BCUT2D eigenvalue weighted by Gasteiger charge is -2.19. The monoisotopic (exact) mass is 302 g/mol. The van der Waals surface area contributed by atoms with Gasteiger partial charge in [0, 0.05) is 10.9 Å². The summed E-state index contributed by atoms with van der Waals surface area (Å²) in [5, 5.41) is 3.52. The van der Waals surface area contributed by atoms with Crippen molar-refractivity contribution in [1.82, 2.24) is 0 Å². The van der Waals surface area contributed by atoms with Crippen LogP contribution >= 0.6 is 23.2 Å². The first-order chi connectivity index (χ1) is 9.10. The van der Waals surface area contributed by atoms with E-state index in [-0.39, 0.29) is 12.0 Å². The normalized spacial score (nSPS) is 22.3. The van der Waals surface area contributed by atoms with Gasteiger partial charge in [-0.15, -0.1) is 0 Å². The summed E-state index contributed by atoms with van der Waals surface area (Å²) in [6.45, 7) is 0.538. The fourth-order valence-electron chi connectivity index (χ4n) is 2.30. The van der Waals surface area contributed by atoms with E-state index in [2.05, 4.69) is 5.32 Å². The van der Waals surface area contributed by atoms with Crippen LogP contribution < -0.4 is 11.1 Å². The minimum atomic E-state index is -0.519. The lowest BCUT2D eigenvalue weighted by atomic mass is 10.1. The SMILES string of the molecule is NCC1CCCC1OC(=O)Nc1cc(Cl)ccc1Cl. The number of carbonyl (C=O) groups is 1. The smallest absolute Gasteiger partial charge is 0.411 e. The number of benzene rings is 1. The first kappa shape index (κ1) is 14.4. The highest BCUT2D eigenvalue weighted by atomic mass is 35.5. The topological polar surface area (TPSA) is 64.3 Å². The van der Waals surface area contributed by atoms with Gasteiger partial charge >= 0.3 is 6.09 Å². The number of hydrogen-bond acceptors (Lipinski definition) is 3. The molecule has 104 valence electrons. The zero-order valence-electron chi connectivity index (χ0n) is 10.4. The van der Waals surface area contributed by atoms with Gasteiger partial charge in [-0.2, -0.15) is 0 Å². The average Bonchev–Trinajstić information content (AvgIpc) is 2.81. The lowest BCUT2D eigenvalue weighted by molar-refractivity contribution is 0.0893. The van der Waals surface area contributed by atoms with Crippen molar-refractivity contribution in [2.75, 3.05) is 11.9 Å². The molecule has 1 aromatic rings. The number of ether oxygens (including phenoxy) is 1. The Morgan fingerprint density at radius 2 is 2.21 bits per heavy atom. The Balaban J connectivity index is 1.95. The summed E-state index contributed by atoms with van der Waals surface area (Å²) < 4.78 is 5.38. The number of amides is 1. The number of nitrogens with two attached hydrogens (primary N) is 1. The molecular formula is C13H16Cl2N2O2. The standard InChI is InChI=1S/C13H16Cl2N2O2/c14-9-4-5-10(15)11(6-9)17-13(18)19-12-3-1-2-8(12)7-16/h4-6,8,12H,1-3,7,16H2,(H,17,18). The fraction of sp³-hybridized carbons (Fsp3) is 0.462. The molecule has 0 spiro atoms. The first-order valence-electron chi connectivity index (χ1n) is 6.23. The van der Waals surface area contributed by atoms with Gasteiger partial charge in [0.15, 0.2) is 0 Å². The van der Waals surface area contributed by atoms with Gasteiger partial charge in [0.1, 0.15) is 6.10 Å². The van der Waals surface area contributed by atoms with Crippen molar-refractivity contribution in [1.29, 1.82) is 0 Å². The largest absolute Gasteiger partial charge is 0.446 e. The van der Waals surface area contributed by atoms with Gasteiger partial charge in [-0.3, -0.25) is 5.32 Å². The molecule has 3 N–H and O–H groups in total. The van der Waals surface area contributed by atoms with Crippen LogP contribution in [0.5, 0.6) is 0 Å². The second-order valence-electron chi connectivity index (χ2n) is 4.62. The van der Waals surface area contributed by atoms with Gasteiger partial charge < -0.3 is 10.5 Å². The third kappa shape index (κ3) is 3.75. The molecule has 1 aliphatic rings. The van der Waals surface area contributed by atoms with E-state index in [0.717, 1.165) is 19.3 Å². The van der Waals surface area contributed by atoms with Gasteiger partial charge in [-0.25, -0.2) is 4.79 Å². The summed E-state index contributed by atoms with van der Waals surface area (Å²) in [5.74, 6) is 0.251. The second kappa shape index (κ2) is 6.46. The zero-order valence-corrected chi connectivity index (χ0v) is 11.9. The predicted molar refractivity (Wildman–Crippen MR) is 76.7 cm³/mol. The van der Waals surface area contributed by atoms with Gasteiger partial charge in [-0.1, -0.05) is 23.2 Å². The molecule has 0 saturated heterocycles. The molecule has 1 fully saturated rings. The molecule has 4 nitrogen and oxygen atoms in total. The Labute approximate surface area is 122 Å². The van der Waals surface area contributed by atoms with Crippen molar-refractivity contribution in [3.8, 4) is 0 Å². The highest BCUT2D eigenvalue weighted by molar-refractivity contribution is 6.35. The van der Waals surface area contributed by atoms with Crippen molar-refractivity contribution in [2.24, 2.45) is 11.7 Å². The van der Waals surface area contributed by atoms with Crippen molar-refractivity contribution in [3.05, 3.63) is 28.2 Å².